The van der Waals surface area contributed by atoms with E-state index in [1.807, 2.05) is 0 Å². The summed E-state index contributed by atoms with van der Waals surface area (Å²) in [6.45, 7) is 4.81. The van der Waals surface area contributed by atoms with Gasteiger partial charge in [-0.1, -0.05) is 13.0 Å². The van der Waals surface area contributed by atoms with E-state index in [0.29, 0.717) is 12.0 Å². The van der Waals surface area contributed by atoms with Crippen LogP contribution in [0, 0.1) is 11.8 Å². The predicted octanol–water partition coefficient (Wildman–Crippen LogP) is 3.86. The van der Waals surface area contributed by atoms with E-state index in [1.165, 1.54) is 30.5 Å². The minimum absolute atomic E-state index is 0.0995. The Morgan fingerprint density at radius 3 is 2.88 bits per heavy atom. The Morgan fingerprint density at radius 1 is 1.38 bits per heavy atom. The van der Waals surface area contributed by atoms with Gasteiger partial charge in [-0.15, -0.1) is 0 Å². The fourth-order valence-corrected chi connectivity index (χ4v) is 5.56. The molecular formula is C22H31NO3. The van der Waals surface area contributed by atoms with Gasteiger partial charge in [-0.2, -0.15) is 0 Å². The lowest BCUT2D eigenvalue weighted by atomic mass is 9.56. The van der Waals surface area contributed by atoms with E-state index in [9.17, 15) is 4.79 Å². The molecule has 2 bridgehead atoms. The third-order valence-corrected chi connectivity index (χ3v) is 7.25. The molecule has 26 heavy (non-hydrogen) atoms. The zero-order valence-corrected chi connectivity index (χ0v) is 16.0. The molecule has 0 unspecified atom stereocenters. The molecule has 3 aliphatic rings. The zero-order valence-electron chi connectivity index (χ0n) is 16.0. The summed E-state index contributed by atoms with van der Waals surface area (Å²) in [5.74, 6) is 1.72. The van der Waals surface area contributed by atoms with Gasteiger partial charge in [0.1, 0.15) is 5.75 Å². The second-order valence-electron chi connectivity index (χ2n) is 8.67. The highest BCUT2D eigenvalue weighted by Crippen LogP contribution is 2.52. The van der Waals surface area contributed by atoms with E-state index in [1.54, 1.807) is 7.11 Å². The van der Waals surface area contributed by atoms with Gasteiger partial charge in [-0.3, -0.25) is 9.69 Å². The molecule has 4 rings (SSSR count). The number of hydrogen-bond acceptors (Lipinski definition) is 3. The van der Waals surface area contributed by atoms with Crippen LogP contribution in [-0.4, -0.2) is 42.2 Å². The molecular weight excluding hydrogens is 326 g/mol. The van der Waals surface area contributed by atoms with Crippen LogP contribution in [0.5, 0.6) is 5.75 Å². The Morgan fingerprint density at radius 2 is 2.19 bits per heavy atom. The average Bonchev–Trinajstić information content (AvgIpc) is 3.43. The van der Waals surface area contributed by atoms with Crippen LogP contribution >= 0.6 is 0 Å². The van der Waals surface area contributed by atoms with Crippen molar-refractivity contribution in [1.29, 1.82) is 0 Å². The number of rotatable bonds is 7. The molecule has 3 atom stereocenters. The maximum Gasteiger partial charge on any atom is 0.303 e. The number of piperidine rings is 1. The van der Waals surface area contributed by atoms with Gasteiger partial charge in [-0.25, -0.2) is 0 Å². The third-order valence-electron chi connectivity index (χ3n) is 7.25. The first kappa shape index (κ1) is 17.8. The summed E-state index contributed by atoms with van der Waals surface area (Å²) in [6, 6.07) is 7.16. The number of nitrogens with zero attached hydrogens (tertiary/aromatic N) is 1. The SMILES string of the molecule is COc1ccc2c(c1)[C@]1(CCCC(=O)O)CCN(CC3CC3)[C@H](C2)[C@@H]1C. The summed E-state index contributed by atoms with van der Waals surface area (Å²) in [6.07, 6.45) is 7.04. The van der Waals surface area contributed by atoms with Gasteiger partial charge in [-0.05, 0) is 80.2 Å². The van der Waals surface area contributed by atoms with E-state index in [2.05, 4.69) is 30.0 Å². The summed E-state index contributed by atoms with van der Waals surface area (Å²) >= 11 is 0. The van der Waals surface area contributed by atoms with Gasteiger partial charge in [0.25, 0.3) is 0 Å². The molecule has 1 aromatic rings. The number of hydrogen-bond donors (Lipinski definition) is 1. The first-order valence-corrected chi connectivity index (χ1v) is 10.2. The molecule has 1 saturated carbocycles. The lowest BCUT2D eigenvalue weighted by Gasteiger charge is -2.56. The number of carboxylic acid groups (broad SMARTS) is 1. The van der Waals surface area contributed by atoms with Crippen LogP contribution in [0.1, 0.15) is 56.6 Å². The smallest absolute Gasteiger partial charge is 0.303 e. The summed E-state index contributed by atoms with van der Waals surface area (Å²) in [7, 11) is 1.73. The molecule has 4 heteroatoms. The largest absolute Gasteiger partial charge is 0.497 e. The van der Waals surface area contributed by atoms with Gasteiger partial charge < -0.3 is 9.84 Å². The molecule has 0 amide bonds. The lowest BCUT2D eigenvalue weighted by molar-refractivity contribution is -0.137. The molecule has 0 spiro atoms. The van der Waals surface area contributed by atoms with Crippen LogP contribution in [-0.2, 0) is 16.6 Å². The van der Waals surface area contributed by atoms with Crippen LogP contribution in [0.15, 0.2) is 18.2 Å². The van der Waals surface area contributed by atoms with Gasteiger partial charge in [0.2, 0.25) is 0 Å². The Balaban J connectivity index is 1.67. The van der Waals surface area contributed by atoms with Crippen molar-refractivity contribution in [3.05, 3.63) is 29.3 Å². The Labute approximate surface area is 156 Å². The normalized spacial score (nSPS) is 30.7. The van der Waals surface area contributed by atoms with Gasteiger partial charge in [0.15, 0.2) is 0 Å². The maximum atomic E-state index is 11.1. The van der Waals surface area contributed by atoms with E-state index in [4.69, 9.17) is 9.84 Å². The number of benzene rings is 1. The van der Waals surface area contributed by atoms with Crippen molar-refractivity contribution in [3.8, 4) is 5.75 Å². The number of ether oxygens (including phenoxy) is 1. The fraction of sp³-hybridized carbons (Fsp3) is 0.682. The first-order valence-electron chi connectivity index (χ1n) is 10.2. The predicted molar refractivity (Wildman–Crippen MR) is 102 cm³/mol. The van der Waals surface area contributed by atoms with Crippen molar-refractivity contribution < 1.29 is 14.6 Å². The number of carbonyl (C=O) groups is 1. The topological polar surface area (TPSA) is 49.8 Å². The molecule has 4 nitrogen and oxygen atoms in total. The highest BCUT2D eigenvalue weighted by Gasteiger charge is 2.51. The van der Waals surface area contributed by atoms with Crippen molar-refractivity contribution in [2.75, 3.05) is 20.2 Å². The van der Waals surface area contributed by atoms with Crippen molar-refractivity contribution in [2.24, 2.45) is 11.8 Å². The number of methoxy groups -OCH3 is 1. The summed E-state index contributed by atoms with van der Waals surface area (Å²) in [5, 5.41) is 9.13. The highest BCUT2D eigenvalue weighted by molar-refractivity contribution is 5.66. The minimum Gasteiger partial charge on any atom is -0.497 e. The standard InChI is InChI=1S/C22H31NO3/c1-15-20-12-17-7-8-18(26-2)13-19(17)22(15,9-3-4-21(24)25)10-11-23(20)14-16-5-6-16/h7-8,13,15-16,20H,3-6,9-12,14H2,1-2H3,(H,24,25)/t15-,20+,22+/m0/s1. The Hall–Kier alpha value is -1.55. The Bertz CT molecular complexity index is 684. The molecule has 142 valence electrons. The van der Waals surface area contributed by atoms with Gasteiger partial charge in [0.05, 0.1) is 7.11 Å². The molecule has 2 aliphatic carbocycles. The van der Waals surface area contributed by atoms with Crippen LogP contribution in [0.25, 0.3) is 0 Å². The molecule has 1 saturated heterocycles. The minimum atomic E-state index is -0.682. The quantitative estimate of drug-likeness (QED) is 0.805. The molecule has 1 aromatic carbocycles. The van der Waals surface area contributed by atoms with Crippen molar-refractivity contribution in [1.82, 2.24) is 4.90 Å². The van der Waals surface area contributed by atoms with Gasteiger partial charge in [0, 0.05) is 24.4 Å². The molecule has 0 radical (unpaired) electrons. The molecule has 2 fully saturated rings. The van der Waals surface area contributed by atoms with Crippen LogP contribution < -0.4 is 4.74 Å². The first-order chi connectivity index (χ1) is 12.5. The summed E-state index contributed by atoms with van der Waals surface area (Å²) in [5.41, 5.74) is 2.98. The van der Waals surface area contributed by atoms with Crippen LogP contribution in [0.2, 0.25) is 0 Å². The number of carboxylic acids is 1. The number of fused-ring (bicyclic) bond motifs is 4. The van der Waals surface area contributed by atoms with Crippen LogP contribution in [0.4, 0.5) is 0 Å². The average molecular weight is 357 g/mol. The monoisotopic (exact) mass is 357 g/mol. The number of aliphatic carboxylic acids is 1. The lowest BCUT2D eigenvalue weighted by Crippen LogP contribution is -2.59. The summed E-state index contributed by atoms with van der Waals surface area (Å²) < 4.78 is 5.52. The van der Waals surface area contributed by atoms with Crippen LogP contribution in [0.3, 0.4) is 0 Å². The van der Waals surface area contributed by atoms with E-state index in [0.717, 1.165) is 43.9 Å². The van der Waals surface area contributed by atoms with E-state index >= 15 is 0 Å². The molecule has 1 N–H and O–H groups in total. The second kappa shape index (κ2) is 6.88. The summed E-state index contributed by atoms with van der Waals surface area (Å²) in [4.78, 5) is 13.8. The number of likely N-dealkylation sites (tertiary alicyclic amines) is 1. The Kier molecular flexibility index (Phi) is 4.72. The maximum absolute atomic E-state index is 11.1. The highest BCUT2D eigenvalue weighted by atomic mass is 16.5. The van der Waals surface area contributed by atoms with E-state index < -0.39 is 5.97 Å². The molecule has 0 aromatic heterocycles. The molecule has 1 aliphatic heterocycles. The van der Waals surface area contributed by atoms with Crippen molar-refractivity contribution in [3.63, 3.8) is 0 Å². The second-order valence-corrected chi connectivity index (χ2v) is 8.67. The van der Waals surface area contributed by atoms with Crippen molar-refractivity contribution >= 4 is 5.97 Å². The third kappa shape index (κ3) is 3.13. The van der Waals surface area contributed by atoms with Crippen molar-refractivity contribution in [2.45, 2.75) is 63.3 Å². The fourth-order valence-electron chi connectivity index (χ4n) is 5.56. The molecule has 1 heterocycles. The zero-order chi connectivity index (χ0) is 18.3. The van der Waals surface area contributed by atoms with E-state index in [-0.39, 0.29) is 11.8 Å². The van der Waals surface area contributed by atoms with Gasteiger partial charge >= 0.3 is 5.97 Å².